The molecule has 0 N–H and O–H groups in total. The molecule has 138 valence electrons. The van der Waals surface area contributed by atoms with Crippen molar-refractivity contribution >= 4 is 23.1 Å². The molecule has 0 fully saturated rings. The van der Waals surface area contributed by atoms with E-state index in [4.69, 9.17) is 9.15 Å². The summed E-state index contributed by atoms with van der Waals surface area (Å²) in [5.74, 6) is 3.22. The van der Waals surface area contributed by atoms with E-state index in [0.29, 0.717) is 6.54 Å². The van der Waals surface area contributed by atoms with Gasteiger partial charge in [0.25, 0.3) is 0 Å². The van der Waals surface area contributed by atoms with Crippen LogP contribution in [0.5, 0.6) is 5.75 Å². The van der Waals surface area contributed by atoms with E-state index in [1.165, 1.54) is 0 Å². The second-order valence-corrected chi connectivity index (χ2v) is 7.85. The number of ether oxygens (including phenoxy) is 1. The van der Waals surface area contributed by atoms with Crippen LogP contribution < -0.4 is 4.74 Å². The Balaban J connectivity index is 1.64. The predicted molar refractivity (Wildman–Crippen MR) is 106 cm³/mol. The van der Waals surface area contributed by atoms with Gasteiger partial charge in [-0.25, -0.2) is 4.98 Å². The van der Waals surface area contributed by atoms with E-state index >= 15 is 0 Å². The monoisotopic (exact) mass is 398 g/mol. The van der Waals surface area contributed by atoms with Gasteiger partial charge in [-0.1, -0.05) is 11.8 Å². The normalized spacial score (nSPS) is 11.0. The second-order valence-electron chi connectivity index (χ2n) is 5.85. The highest BCUT2D eigenvalue weighted by Crippen LogP contribution is 2.28. The first-order chi connectivity index (χ1) is 13.2. The Labute approximate surface area is 165 Å². The standard InChI is InChI=1S/C19H18N4O2S2/c1-13-20-15(11-26-13)12-27-19-22-21-18(14-5-7-16(24-2)8-6-14)23(19)10-17-4-3-9-25-17/h3-9,11H,10,12H2,1-2H3. The number of aryl methyl sites for hydroxylation is 1. The van der Waals surface area contributed by atoms with Gasteiger partial charge in [0.2, 0.25) is 0 Å². The van der Waals surface area contributed by atoms with Crippen molar-refractivity contribution in [2.24, 2.45) is 0 Å². The maximum atomic E-state index is 5.54. The molecule has 0 radical (unpaired) electrons. The van der Waals surface area contributed by atoms with Crippen LogP contribution in [0.4, 0.5) is 0 Å². The molecule has 3 aromatic heterocycles. The Kier molecular flexibility index (Phi) is 5.26. The maximum Gasteiger partial charge on any atom is 0.192 e. The molecule has 0 aliphatic heterocycles. The van der Waals surface area contributed by atoms with Crippen molar-refractivity contribution in [1.82, 2.24) is 19.7 Å². The minimum absolute atomic E-state index is 0.569. The van der Waals surface area contributed by atoms with Crippen LogP contribution in [0.15, 0.2) is 57.6 Å². The zero-order chi connectivity index (χ0) is 18.6. The fourth-order valence-electron chi connectivity index (χ4n) is 2.66. The lowest BCUT2D eigenvalue weighted by Gasteiger charge is -2.09. The fourth-order valence-corrected chi connectivity index (χ4v) is 4.21. The molecular weight excluding hydrogens is 380 g/mol. The van der Waals surface area contributed by atoms with Crippen LogP contribution in [-0.2, 0) is 12.3 Å². The summed E-state index contributed by atoms with van der Waals surface area (Å²) in [6, 6.07) is 11.7. The van der Waals surface area contributed by atoms with Crippen LogP contribution in [-0.4, -0.2) is 26.9 Å². The summed E-state index contributed by atoms with van der Waals surface area (Å²) >= 11 is 3.28. The highest BCUT2D eigenvalue weighted by Gasteiger charge is 2.16. The van der Waals surface area contributed by atoms with E-state index in [1.807, 2.05) is 43.3 Å². The molecule has 0 saturated heterocycles. The Morgan fingerprint density at radius 2 is 2.04 bits per heavy atom. The number of benzene rings is 1. The van der Waals surface area contributed by atoms with Crippen LogP contribution in [0.1, 0.15) is 16.5 Å². The maximum absolute atomic E-state index is 5.54. The van der Waals surface area contributed by atoms with Crippen molar-refractivity contribution in [3.05, 3.63) is 64.5 Å². The van der Waals surface area contributed by atoms with E-state index in [0.717, 1.165) is 44.5 Å². The van der Waals surface area contributed by atoms with Crippen molar-refractivity contribution in [1.29, 1.82) is 0 Å². The zero-order valence-electron chi connectivity index (χ0n) is 15.0. The average molecular weight is 399 g/mol. The molecular formula is C19H18N4O2S2. The number of hydrogen-bond donors (Lipinski definition) is 0. The van der Waals surface area contributed by atoms with Crippen LogP contribution in [0.2, 0.25) is 0 Å². The lowest BCUT2D eigenvalue weighted by molar-refractivity contribution is 0.415. The van der Waals surface area contributed by atoms with Gasteiger partial charge in [0.15, 0.2) is 11.0 Å². The molecule has 4 rings (SSSR count). The SMILES string of the molecule is COc1ccc(-c2nnc(SCc3csc(C)n3)n2Cc2ccco2)cc1. The first kappa shape index (κ1) is 17.8. The number of rotatable bonds is 7. The Bertz CT molecular complexity index is 1010. The molecule has 0 unspecified atom stereocenters. The number of furan rings is 1. The van der Waals surface area contributed by atoms with Gasteiger partial charge in [0.05, 0.1) is 30.6 Å². The molecule has 8 heteroatoms. The number of methoxy groups -OCH3 is 1. The molecule has 0 amide bonds. The summed E-state index contributed by atoms with van der Waals surface area (Å²) in [6.07, 6.45) is 1.68. The number of thioether (sulfide) groups is 1. The lowest BCUT2D eigenvalue weighted by Crippen LogP contribution is -2.03. The third-order valence-corrected chi connectivity index (χ3v) is 5.80. The zero-order valence-corrected chi connectivity index (χ0v) is 16.6. The molecule has 0 spiro atoms. The third kappa shape index (κ3) is 4.06. The van der Waals surface area contributed by atoms with Gasteiger partial charge in [-0.3, -0.25) is 4.57 Å². The molecule has 3 heterocycles. The second kappa shape index (κ2) is 7.98. The predicted octanol–water partition coefficient (Wildman–Crippen LogP) is 4.65. The summed E-state index contributed by atoms with van der Waals surface area (Å²) in [6.45, 7) is 2.58. The summed E-state index contributed by atoms with van der Waals surface area (Å²) in [4.78, 5) is 4.52. The number of aromatic nitrogens is 4. The molecule has 0 aliphatic carbocycles. The topological polar surface area (TPSA) is 66.0 Å². The van der Waals surface area contributed by atoms with Crippen molar-refractivity contribution in [2.75, 3.05) is 7.11 Å². The highest BCUT2D eigenvalue weighted by atomic mass is 32.2. The van der Waals surface area contributed by atoms with Gasteiger partial charge in [-0.05, 0) is 43.3 Å². The van der Waals surface area contributed by atoms with E-state index in [1.54, 1.807) is 36.5 Å². The van der Waals surface area contributed by atoms with Gasteiger partial charge < -0.3 is 9.15 Å². The van der Waals surface area contributed by atoms with E-state index in [2.05, 4.69) is 25.1 Å². The molecule has 0 saturated carbocycles. The number of thiazole rings is 1. The molecule has 6 nitrogen and oxygen atoms in total. The molecule has 4 aromatic rings. The number of hydrogen-bond acceptors (Lipinski definition) is 7. The molecule has 0 aliphatic rings. The molecule has 0 bridgehead atoms. The summed E-state index contributed by atoms with van der Waals surface area (Å²) in [7, 11) is 1.66. The van der Waals surface area contributed by atoms with Gasteiger partial charge >= 0.3 is 0 Å². The molecule has 27 heavy (non-hydrogen) atoms. The van der Waals surface area contributed by atoms with Crippen molar-refractivity contribution in [3.63, 3.8) is 0 Å². The van der Waals surface area contributed by atoms with Gasteiger partial charge in [0, 0.05) is 16.7 Å². The first-order valence-corrected chi connectivity index (χ1v) is 10.2. The minimum Gasteiger partial charge on any atom is -0.497 e. The highest BCUT2D eigenvalue weighted by molar-refractivity contribution is 7.98. The van der Waals surface area contributed by atoms with Gasteiger partial charge in [-0.2, -0.15) is 0 Å². The molecule has 1 aromatic carbocycles. The summed E-state index contributed by atoms with van der Waals surface area (Å²) < 4.78 is 12.9. The van der Waals surface area contributed by atoms with Crippen LogP contribution in [0.3, 0.4) is 0 Å². The lowest BCUT2D eigenvalue weighted by atomic mass is 10.2. The molecule has 0 atom stereocenters. The van der Waals surface area contributed by atoms with Crippen molar-refractivity contribution in [2.45, 2.75) is 24.4 Å². The third-order valence-electron chi connectivity index (χ3n) is 3.97. The van der Waals surface area contributed by atoms with E-state index in [-0.39, 0.29) is 0 Å². The summed E-state index contributed by atoms with van der Waals surface area (Å²) in [5, 5.41) is 12.8. The quantitative estimate of drug-likeness (QED) is 0.422. The average Bonchev–Trinajstić information content (AvgIpc) is 3.43. The largest absolute Gasteiger partial charge is 0.497 e. The van der Waals surface area contributed by atoms with Gasteiger partial charge in [0.1, 0.15) is 11.5 Å². The van der Waals surface area contributed by atoms with Gasteiger partial charge in [-0.15, -0.1) is 21.5 Å². The van der Waals surface area contributed by atoms with Crippen LogP contribution >= 0.6 is 23.1 Å². The fraction of sp³-hybridized carbons (Fsp3) is 0.211. The Morgan fingerprint density at radius 3 is 2.70 bits per heavy atom. The Hall–Kier alpha value is -2.58. The van der Waals surface area contributed by atoms with Crippen molar-refractivity contribution < 1.29 is 9.15 Å². The minimum atomic E-state index is 0.569. The Morgan fingerprint density at radius 1 is 1.19 bits per heavy atom. The van der Waals surface area contributed by atoms with E-state index in [9.17, 15) is 0 Å². The van der Waals surface area contributed by atoms with Crippen LogP contribution in [0.25, 0.3) is 11.4 Å². The number of nitrogens with zero attached hydrogens (tertiary/aromatic N) is 4. The van der Waals surface area contributed by atoms with E-state index < -0.39 is 0 Å². The first-order valence-electron chi connectivity index (χ1n) is 8.37. The van der Waals surface area contributed by atoms with Crippen molar-refractivity contribution in [3.8, 4) is 17.1 Å². The smallest absolute Gasteiger partial charge is 0.192 e. The summed E-state index contributed by atoms with van der Waals surface area (Å²) in [5.41, 5.74) is 2.03. The van der Waals surface area contributed by atoms with Crippen LogP contribution in [0, 0.1) is 6.92 Å².